The third-order valence-corrected chi connectivity index (χ3v) is 11.3. The molecule has 0 unspecified atom stereocenters. The van der Waals surface area contributed by atoms with E-state index in [-0.39, 0.29) is 36.4 Å². The molecule has 0 heterocycles. The van der Waals surface area contributed by atoms with Gasteiger partial charge in [-0.2, -0.15) is 0 Å². The van der Waals surface area contributed by atoms with E-state index in [0.29, 0.717) is 34.8 Å². The molecule has 0 aliphatic heterocycles. The summed E-state index contributed by atoms with van der Waals surface area (Å²) in [4.78, 5) is 25.8. The van der Waals surface area contributed by atoms with Crippen LogP contribution in [0.1, 0.15) is 78.1 Å². The normalized spacial score (nSPS) is 46.5. The standard InChI is InChI=1S/C30H42O5/c1-17(27(31)34-29(3)23-7-19-5-20(9-23)10-24(29)8-19)15-33-16-18(2)28(32)35-30(4)25-11-21-6-22(13-25)14-26(30)12-21/h19-26H,1-2,5-16H2,3-4H3. The van der Waals surface area contributed by atoms with E-state index in [4.69, 9.17) is 14.2 Å². The second-order valence-electron chi connectivity index (χ2n) is 13.5. The number of ether oxygens (including phenoxy) is 3. The summed E-state index contributed by atoms with van der Waals surface area (Å²) in [6.07, 6.45) is 12.2. The molecule has 0 aromatic rings. The minimum atomic E-state index is -0.380. The third kappa shape index (κ3) is 4.01. The molecular formula is C30H42O5. The van der Waals surface area contributed by atoms with Crippen LogP contribution in [0.5, 0.6) is 0 Å². The van der Waals surface area contributed by atoms with Crippen molar-refractivity contribution in [2.45, 2.75) is 89.3 Å². The lowest BCUT2D eigenvalue weighted by Gasteiger charge is -2.59. The molecule has 0 spiro atoms. The molecule has 8 aliphatic rings. The Balaban J connectivity index is 0.973. The number of rotatable bonds is 8. The van der Waals surface area contributed by atoms with E-state index in [2.05, 4.69) is 27.0 Å². The van der Waals surface area contributed by atoms with Crippen molar-refractivity contribution < 1.29 is 23.8 Å². The zero-order chi connectivity index (χ0) is 24.5. The number of esters is 2. The van der Waals surface area contributed by atoms with E-state index in [0.717, 1.165) is 23.7 Å². The summed E-state index contributed by atoms with van der Waals surface area (Å²) in [5.74, 6) is 4.43. The van der Waals surface area contributed by atoms with Crippen LogP contribution in [0.3, 0.4) is 0 Å². The molecule has 8 saturated carbocycles. The minimum Gasteiger partial charge on any atom is -0.455 e. The van der Waals surface area contributed by atoms with Crippen LogP contribution in [-0.2, 0) is 23.8 Å². The van der Waals surface area contributed by atoms with Gasteiger partial charge in [-0.05, 0) is 125 Å². The quantitative estimate of drug-likeness (QED) is 0.331. The lowest BCUT2D eigenvalue weighted by Crippen LogP contribution is -2.58. The first kappa shape index (κ1) is 23.8. The first-order valence-electron chi connectivity index (χ1n) is 14.0. The Morgan fingerprint density at radius 1 is 0.600 bits per heavy atom. The molecule has 0 radical (unpaired) electrons. The molecule has 8 fully saturated rings. The van der Waals surface area contributed by atoms with Crippen LogP contribution in [-0.4, -0.2) is 36.4 Å². The summed E-state index contributed by atoms with van der Waals surface area (Å²) in [5, 5.41) is 0. The largest absolute Gasteiger partial charge is 0.455 e. The van der Waals surface area contributed by atoms with Gasteiger partial charge in [0.2, 0.25) is 0 Å². The van der Waals surface area contributed by atoms with Crippen LogP contribution in [0.15, 0.2) is 24.3 Å². The molecule has 0 N–H and O–H groups in total. The Morgan fingerprint density at radius 2 is 0.886 bits per heavy atom. The van der Waals surface area contributed by atoms with Gasteiger partial charge in [0.15, 0.2) is 0 Å². The summed E-state index contributed by atoms with van der Waals surface area (Å²) in [5.41, 5.74) is -0.160. The summed E-state index contributed by atoms with van der Waals surface area (Å²) < 4.78 is 17.9. The molecule has 35 heavy (non-hydrogen) atoms. The van der Waals surface area contributed by atoms with Gasteiger partial charge < -0.3 is 14.2 Å². The maximum absolute atomic E-state index is 12.9. The van der Waals surface area contributed by atoms with E-state index in [9.17, 15) is 9.59 Å². The Hall–Kier alpha value is -1.62. The van der Waals surface area contributed by atoms with Crippen LogP contribution in [0.2, 0.25) is 0 Å². The molecule has 0 aromatic carbocycles. The molecule has 0 aromatic heterocycles. The van der Waals surface area contributed by atoms with Gasteiger partial charge in [-0.1, -0.05) is 13.2 Å². The van der Waals surface area contributed by atoms with Crippen molar-refractivity contribution in [3.63, 3.8) is 0 Å². The Kier molecular flexibility index (Phi) is 5.75. The van der Waals surface area contributed by atoms with Gasteiger partial charge in [-0.3, -0.25) is 0 Å². The third-order valence-electron chi connectivity index (χ3n) is 11.3. The monoisotopic (exact) mass is 482 g/mol. The second-order valence-corrected chi connectivity index (χ2v) is 13.5. The highest BCUT2D eigenvalue weighted by atomic mass is 16.6. The molecule has 8 rings (SSSR count). The van der Waals surface area contributed by atoms with Gasteiger partial charge in [-0.25, -0.2) is 9.59 Å². The Morgan fingerprint density at radius 3 is 1.17 bits per heavy atom. The van der Waals surface area contributed by atoms with E-state index in [1.54, 1.807) is 0 Å². The Bertz CT molecular complexity index is 801. The fourth-order valence-electron chi connectivity index (χ4n) is 9.53. The minimum absolute atomic E-state index is 0.0354. The summed E-state index contributed by atoms with van der Waals surface area (Å²) in [6, 6.07) is 0. The zero-order valence-electron chi connectivity index (χ0n) is 21.6. The molecule has 0 atom stereocenters. The fourth-order valence-corrected chi connectivity index (χ4v) is 9.53. The highest BCUT2D eigenvalue weighted by Gasteiger charge is 2.58. The molecule has 5 heteroatoms. The maximum atomic E-state index is 12.9. The topological polar surface area (TPSA) is 61.8 Å². The van der Waals surface area contributed by atoms with Crippen LogP contribution >= 0.6 is 0 Å². The van der Waals surface area contributed by atoms with Crippen molar-refractivity contribution in [1.29, 1.82) is 0 Å². The summed E-state index contributed by atoms with van der Waals surface area (Å²) >= 11 is 0. The van der Waals surface area contributed by atoms with Gasteiger partial charge >= 0.3 is 11.9 Å². The Labute approximate surface area is 210 Å². The zero-order valence-corrected chi connectivity index (χ0v) is 21.6. The number of hydrogen-bond donors (Lipinski definition) is 0. The van der Waals surface area contributed by atoms with Crippen molar-refractivity contribution in [3.05, 3.63) is 24.3 Å². The van der Waals surface area contributed by atoms with E-state index in [1.165, 1.54) is 64.2 Å². The first-order chi connectivity index (χ1) is 16.6. The van der Waals surface area contributed by atoms with Crippen molar-refractivity contribution in [2.75, 3.05) is 13.2 Å². The van der Waals surface area contributed by atoms with Crippen LogP contribution in [0.25, 0.3) is 0 Å². The highest BCUT2D eigenvalue weighted by molar-refractivity contribution is 5.89. The van der Waals surface area contributed by atoms with Gasteiger partial charge in [0.25, 0.3) is 0 Å². The van der Waals surface area contributed by atoms with Gasteiger partial charge in [-0.15, -0.1) is 0 Å². The van der Waals surface area contributed by atoms with E-state index >= 15 is 0 Å². The van der Waals surface area contributed by atoms with Crippen molar-refractivity contribution in [3.8, 4) is 0 Å². The molecule has 0 saturated heterocycles. The molecule has 0 amide bonds. The average molecular weight is 483 g/mol. The van der Waals surface area contributed by atoms with Gasteiger partial charge in [0, 0.05) is 0 Å². The molecule has 8 aliphatic carbocycles. The predicted molar refractivity (Wildman–Crippen MR) is 132 cm³/mol. The van der Waals surface area contributed by atoms with Crippen molar-refractivity contribution in [1.82, 2.24) is 0 Å². The smallest absolute Gasteiger partial charge is 0.336 e. The van der Waals surface area contributed by atoms with E-state index < -0.39 is 0 Å². The molecule has 192 valence electrons. The second kappa shape index (κ2) is 8.46. The number of carbonyl (C=O) groups excluding carboxylic acids is 2. The number of hydrogen-bond acceptors (Lipinski definition) is 5. The lowest BCUT2D eigenvalue weighted by molar-refractivity contribution is -0.200. The van der Waals surface area contributed by atoms with Crippen LogP contribution in [0, 0.1) is 47.3 Å². The van der Waals surface area contributed by atoms with Crippen LogP contribution in [0.4, 0.5) is 0 Å². The first-order valence-corrected chi connectivity index (χ1v) is 14.0. The molecule has 5 nitrogen and oxygen atoms in total. The van der Waals surface area contributed by atoms with Crippen molar-refractivity contribution >= 4 is 11.9 Å². The van der Waals surface area contributed by atoms with Gasteiger partial charge in [0.1, 0.15) is 11.2 Å². The maximum Gasteiger partial charge on any atom is 0.336 e. The molecule has 8 bridgehead atoms. The average Bonchev–Trinajstić information content (AvgIpc) is 2.80. The summed E-state index contributed by atoms with van der Waals surface area (Å²) in [7, 11) is 0. The van der Waals surface area contributed by atoms with Crippen LogP contribution < -0.4 is 0 Å². The SMILES string of the molecule is C=C(COCC(=C)C(=O)OC1(C)C2CC3CC(C2)CC1C3)C(=O)OC1(C)C2CC3CC(C2)CC1C3. The number of carbonyl (C=O) groups is 2. The van der Waals surface area contributed by atoms with Crippen molar-refractivity contribution in [2.24, 2.45) is 47.3 Å². The van der Waals surface area contributed by atoms with Gasteiger partial charge in [0.05, 0.1) is 24.4 Å². The predicted octanol–water partition coefficient (Wildman–Crippen LogP) is 5.63. The fraction of sp³-hybridized carbons (Fsp3) is 0.800. The highest BCUT2D eigenvalue weighted by Crippen LogP contribution is 2.60. The molecular weight excluding hydrogens is 440 g/mol. The van der Waals surface area contributed by atoms with E-state index in [1.807, 2.05) is 0 Å². The lowest BCUT2D eigenvalue weighted by atomic mass is 9.50. The summed E-state index contributed by atoms with van der Waals surface area (Å²) in [6.45, 7) is 12.2.